The fraction of sp³-hybridized carbons (Fsp3) is 0.621. The Labute approximate surface area is 221 Å². The van der Waals surface area contributed by atoms with Gasteiger partial charge < -0.3 is 25.0 Å². The van der Waals surface area contributed by atoms with E-state index in [0.29, 0.717) is 12.1 Å². The molecule has 0 saturated carbocycles. The van der Waals surface area contributed by atoms with Gasteiger partial charge in [-0.15, -0.1) is 0 Å². The van der Waals surface area contributed by atoms with Crippen LogP contribution in [0.25, 0.3) is 0 Å². The van der Waals surface area contributed by atoms with E-state index in [-0.39, 0.29) is 30.9 Å². The Morgan fingerprint density at radius 1 is 1.08 bits per heavy atom. The number of ether oxygens (including phenoxy) is 1. The topological polar surface area (TPSA) is 99.2 Å². The van der Waals surface area contributed by atoms with Gasteiger partial charge in [0.2, 0.25) is 11.8 Å². The molecule has 6 atom stereocenters. The lowest BCUT2D eigenvalue weighted by atomic mass is 9.69. The first-order chi connectivity index (χ1) is 17.9. The van der Waals surface area contributed by atoms with Crippen molar-refractivity contribution >= 4 is 29.2 Å². The standard InChI is InChI=1S/C29H43N3O5/c1-6-11-19-12-17-23-25(24(19)29(36)37-10-5)28(35)32(21(7-2)18-33)26(23)27(34)30-20-13-15-22(16-14-20)31(8-3)9-4/h12-17,19,21,23-26,33H,6-11,18H2,1-5H3,(H,30,34)/t19-,21+,23+,24-,25+,26+/m1/s1. The molecule has 1 saturated heterocycles. The van der Waals surface area contributed by atoms with Crippen LogP contribution in [0.2, 0.25) is 0 Å². The molecule has 2 amide bonds. The molecule has 0 spiro atoms. The first-order valence-corrected chi connectivity index (χ1v) is 13.8. The Kier molecular flexibility index (Phi) is 10.1. The second kappa shape index (κ2) is 13.1. The van der Waals surface area contributed by atoms with Gasteiger partial charge >= 0.3 is 5.97 Å². The summed E-state index contributed by atoms with van der Waals surface area (Å²) in [5.41, 5.74) is 1.71. The summed E-state index contributed by atoms with van der Waals surface area (Å²) in [5, 5.41) is 13.1. The summed E-state index contributed by atoms with van der Waals surface area (Å²) in [7, 11) is 0. The average Bonchev–Trinajstić information content (AvgIpc) is 3.19. The van der Waals surface area contributed by atoms with Crippen LogP contribution in [-0.2, 0) is 19.1 Å². The summed E-state index contributed by atoms with van der Waals surface area (Å²) in [4.78, 5) is 44.5. The van der Waals surface area contributed by atoms with Crippen molar-refractivity contribution in [2.24, 2.45) is 23.7 Å². The lowest BCUT2D eigenvalue weighted by molar-refractivity contribution is -0.156. The van der Waals surface area contributed by atoms with Crippen LogP contribution in [0.1, 0.15) is 53.9 Å². The molecule has 0 bridgehead atoms. The van der Waals surface area contributed by atoms with Crippen LogP contribution in [-0.4, -0.2) is 66.2 Å². The van der Waals surface area contributed by atoms with Crippen LogP contribution in [0.5, 0.6) is 0 Å². The minimum Gasteiger partial charge on any atom is -0.466 e. The number of allylic oxidation sites excluding steroid dienone is 1. The zero-order valence-electron chi connectivity index (χ0n) is 22.9. The van der Waals surface area contributed by atoms with E-state index in [2.05, 4.69) is 24.1 Å². The summed E-state index contributed by atoms with van der Waals surface area (Å²) in [6.07, 6.45) is 6.04. The molecule has 37 heavy (non-hydrogen) atoms. The molecule has 0 unspecified atom stereocenters. The van der Waals surface area contributed by atoms with Gasteiger partial charge in [0.15, 0.2) is 0 Å². The molecule has 8 nitrogen and oxygen atoms in total. The number of benzene rings is 1. The van der Waals surface area contributed by atoms with Crippen molar-refractivity contribution in [3.05, 3.63) is 36.4 Å². The summed E-state index contributed by atoms with van der Waals surface area (Å²) >= 11 is 0. The van der Waals surface area contributed by atoms with Crippen molar-refractivity contribution in [2.45, 2.75) is 66.0 Å². The van der Waals surface area contributed by atoms with Crippen molar-refractivity contribution in [1.29, 1.82) is 0 Å². The van der Waals surface area contributed by atoms with Gasteiger partial charge in [0.05, 0.1) is 31.1 Å². The third-order valence-electron chi connectivity index (χ3n) is 7.84. The molecule has 2 aliphatic rings. The number of aliphatic hydroxyl groups is 1. The van der Waals surface area contributed by atoms with E-state index in [9.17, 15) is 19.5 Å². The van der Waals surface area contributed by atoms with Crippen molar-refractivity contribution in [2.75, 3.05) is 36.5 Å². The van der Waals surface area contributed by atoms with E-state index >= 15 is 0 Å². The summed E-state index contributed by atoms with van der Waals surface area (Å²) in [6, 6.07) is 6.33. The molecule has 0 aromatic heterocycles. The number of carbonyl (C=O) groups is 3. The largest absolute Gasteiger partial charge is 0.466 e. The van der Waals surface area contributed by atoms with Crippen LogP contribution in [0.15, 0.2) is 36.4 Å². The predicted molar refractivity (Wildman–Crippen MR) is 145 cm³/mol. The number of rotatable bonds is 12. The smallest absolute Gasteiger partial charge is 0.310 e. The van der Waals surface area contributed by atoms with Gasteiger partial charge in [-0.05, 0) is 63.8 Å². The van der Waals surface area contributed by atoms with E-state index in [4.69, 9.17) is 4.74 Å². The minimum atomic E-state index is -0.826. The quantitative estimate of drug-likeness (QED) is 0.325. The zero-order valence-corrected chi connectivity index (χ0v) is 22.9. The van der Waals surface area contributed by atoms with Crippen LogP contribution < -0.4 is 10.2 Å². The number of nitrogens with one attached hydrogen (secondary N) is 1. The van der Waals surface area contributed by atoms with Gasteiger partial charge in [0.1, 0.15) is 6.04 Å². The number of hydrogen-bond donors (Lipinski definition) is 2. The van der Waals surface area contributed by atoms with Gasteiger partial charge in [-0.25, -0.2) is 0 Å². The van der Waals surface area contributed by atoms with Crippen molar-refractivity contribution in [1.82, 2.24) is 4.90 Å². The zero-order chi connectivity index (χ0) is 27.1. The fourth-order valence-corrected chi connectivity index (χ4v) is 5.98. The molecular formula is C29H43N3O5. The average molecular weight is 514 g/mol. The molecule has 0 radical (unpaired) electrons. The Morgan fingerprint density at radius 2 is 1.76 bits per heavy atom. The van der Waals surface area contributed by atoms with E-state index in [1.165, 1.54) is 4.90 Å². The number of esters is 1. The van der Waals surface area contributed by atoms with Crippen LogP contribution in [0.4, 0.5) is 11.4 Å². The van der Waals surface area contributed by atoms with Gasteiger partial charge in [-0.2, -0.15) is 0 Å². The van der Waals surface area contributed by atoms with Gasteiger partial charge in [0, 0.05) is 30.4 Å². The second-order valence-electron chi connectivity index (χ2n) is 9.86. The van der Waals surface area contributed by atoms with Crippen molar-refractivity contribution < 1.29 is 24.2 Å². The molecule has 1 fully saturated rings. The maximum atomic E-state index is 13.9. The second-order valence-corrected chi connectivity index (χ2v) is 9.86. The number of fused-ring (bicyclic) bond motifs is 1. The lowest BCUT2D eigenvalue weighted by Gasteiger charge is -2.34. The van der Waals surface area contributed by atoms with E-state index in [1.54, 1.807) is 6.92 Å². The molecule has 1 aliphatic heterocycles. The van der Waals surface area contributed by atoms with E-state index < -0.39 is 35.8 Å². The van der Waals surface area contributed by atoms with Crippen molar-refractivity contribution in [3.63, 3.8) is 0 Å². The predicted octanol–water partition coefficient (Wildman–Crippen LogP) is 3.85. The maximum absolute atomic E-state index is 13.9. The fourth-order valence-electron chi connectivity index (χ4n) is 5.98. The maximum Gasteiger partial charge on any atom is 0.310 e. The highest BCUT2D eigenvalue weighted by molar-refractivity contribution is 6.01. The highest BCUT2D eigenvalue weighted by atomic mass is 16.5. The molecule has 8 heteroatoms. The number of hydrogen-bond acceptors (Lipinski definition) is 6. The van der Waals surface area contributed by atoms with Crippen LogP contribution in [0, 0.1) is 23.7 Å². The number of carbonyl (C=O) groups excluding carboxylic acids is 3. The van der Waals surface area contributed by atoms with E-state index in [0.717, 1.165) is 31.6 Å². The molecule has 1 aliphatic carbocycles. The summed E-state index contributed by atoms with van der Waals surface area (Å²) < 4.78 is 5.41. The third-order valence-corrected chi connectivity index (χ3v) is 7.84. The number of likely N-dealkylation sites (tertiary alicyclic amines) is 1. The van der Waals surface area contributed by atoms with Crippen molar-refractivity contribution in [3.8, 4) is 0 Å². The molecule has 1 heterocycles. The summed E-state index contributed by atoms with van der Waals surface area (Å²) in [6.45, 7) is 11.6. The third kappa shape index (κ3) is 5.84. The summed E-state index contributed by atoms with van der Waals surface area (Å²) in [5.74, 6) is -2.91. The Morgan fingerprint density at radius 3 is 2.30 bits per heavy atom. The van der Waals surface area contributed by atoms with Crippen LogP contribution >= 0.6 is 0 Å². The number of anilines is 2. The highest BCUT2D eigenvalue weighted by Gasteiger charge is 2.58. The molecule has 2 N–H and O–H groups in total. The van der Waals surface area contributed by atoms with Gasteiger partial charge in [-0.1, -0.05) is 32.4 Å². The minimum absolute atomic E-state index is 0.125. The highest BCUT2D eigenvalue weighted by Crippen LogP contribution is 2.46. The number of aliphatic hydroxyl groups excluding tert-OH is 1. The first-order valence-electron chi connectivity index (χ1n) is 13.8. The number of nitrogens with zero attached hydrogens (tertiary/aromatic N) is 2. The normalized spacial score (nSPS) is 25.5. The van der Waals surface area contributed by atoms with Gasteiger partial charge in [0.25, 0.3) is 0 Å². The van der Waals surface area contributed by atoms with E-state index in [1.807, 2.05) is 50.3 Å². The molecular weight excluding hydrogens is 470 g/mol. The Balaban J connectivity index is 1.96. The lowest BCUT2D eigenvalue weighted by Crippen LogP contribution is -2.50. The monoisotopic (exact) mass is 513 g/mol. The molecule has 1 aromatic carbocycles. The SMILES string of the molecule is CCC[C@@H]1C=C[C@H]2[C@H](C(=O)N([C@@H](CC)CO)[C@@H]2C(=O)Nc2ccc(N(CC)CC)cc2)[C@@H]1C(=O)OCC. The Hall–Kier alpha value is -2.87. The van der Waals surface area contributed by atoms with Crippen LogP contribution in [0.3, 0.4) is 0 Å². The number of amides is 2. The Bertz CT molecular complexity index is 955. The van der Waals surface area contributed by atoms with Gasteiger partial charge in [-0.3, -0.25) is 14.4 Å². The first kappa shape index (κ1) is 28.7. The molecule has 204 valence electrons. The molecule has 1 aromatic rings. The molecule has 3 rings (SSSR count).